The molecule has 2 aromatic heterocycles. The third-order valence-electron chi connectivity index (χ3n) is 5.34. The second-order valence-corrected chi connectivity index (χ2v) is 10.8. The van der Waals surface area contributed by atoms with Gasteiger partial charge in [-0.3, -0.25) is 19.7 Å². The lowest BCUT2D eigenvalue weighted by Gasteiger charge is -2.07. The number of nitro groups is 1. The van der Waals surface area contributed by atoms with Crippen molar-refractivity contribution in [2.24, 2.45) is 12.0 Å². The first kappa shape index (κ1) is 25.1. The maximum absolute atomic E-state index is 12.5. The summed E-state index contributed by atoms with van der Waals surface area (Å²) in [6.07, 6.45) is 2.66. The van der Waals surface area contributed by atoms with Crippen molar-refractivity contribution in [2.45, 2.75) is 26.2 Å². The predicted molar refractivity (Wildman–Crippen MR) is 136 cm³/mol. The number of nitrogens with zero attached hydrogens (tertiary/aromatic N) is 3. The van der Waals surface area contributed by atoms with Crippen molar-refractivity contribution >= 4 is 73.1 Å². The number of rotatable bonds is 8. The summed E-state index contributed by atoms with van der Waals surface area (Å²) in [5.41, 5.74) is 2.12. The Kier molecular flexibility index (Phi) is 7.67. The maximum atomic E-state index is 12.5. The van der Waals surface area contributed by atoms with E-state index in [1.54, 1.807) is 24.6 Å². The van der Waals surface area contributed by atoms with E-state index in [-0.39, 0.29) is 29.7 Å². The molecule has 0 spiro atoms. The highest BCUT2D eigenvalue weighted by Gasteiger charge is 2.28. The average molecular weight is 535 g/mol. The highest BCUT2D eigenvalue weighted by molar-refractivity contribution is 8.00. The molecule has 0 radical (unpaired) electrons. The molecule has 2 amide bonds. The van der Waals surface area contributed by atoms with Crippen LogP contribution in [0.15, 0.2) is 23.2 Å². The van der Waals surface area contributed by atoms with Gasteiger partial charge in [0.1, 0.15) is 5.00 Å². The molecule has 0 aliphatic heterocycles. The number of aryl methyl sites for hydroxylation is 2. The Balaban J connectivity index is 1.38. The predicted octanol–water partition coefficient (Wildman–Crippen LogP) is 3.67. The normalized spacial score (nSPS) is 13.1. The fourth-order valence-corrected chi connectivity index (χ4v) is 6.75. The summed E-state index contributed by atoms with van der Waals surface area (Å²) in [5.74, 6) is -1.13. The molecule has 0 saturated carbocycles. The van der Waals surface area contributed by atoms with Crippen LogP contribution < -0.4 is 10.1 Å². The summed E-state index contributed by atoms with van der Waals surface area (Å²) in [7, 11) is 1.73. The van der Waals surface area contributed by atoms with E-state index in [4.69, 9.17) is 4.74 Å². The number of anilines is 1. The molecule has 1 aromatic carbocycles. The third-order valence-corrected chi connectivity index (χ3v) is 8.56. The number of amides is 2. The second-order valence-electron chi connectivity index (χ2n) is 7.68. The van der Waals surface area contributed by atoms with Crippen LogP contribution in [0.5, 0.6) is 0 Å². The van der Waals surface area contributed by atoms with Crippen LogP contribution in [0, 0.1) is 10.1 Å². The number of carbonyl (C=O) groups excluding carboxylic acids is 3. The molecule has 2 heterocycles. The van der Waals surface area contributed by atoms with Crippen LogP contribution in [0.25, 0.3) is 10.2 Å². The van der Waals surface area contributed by atoms with Crippen LogP contribution in [0.2, 0.25) is 0 Å². The van der Waals surface area contributed by atoms with Gasteiger partial charge in [0.2, 0.25) is 5.91 Å². The summed E-state index contributed by atoms with van der Waals surface area (Å²) in [6.45, 7) is 2.00. The second kappa shape index (κ2) is 10.7. The van der Waals surface area contributed by atoms with Gasteiger partial charge in [-0.1, -0.05) is 11.3 Å². The van der Waals surface area contributed by atoms with Crippen LogP contribution in [-0.2, 0) is 34.2 Å². The SMILES string of the molecule is CCOC(=O)c1c(NC(=O)CSCC(=O)N=c2sc3cc([N+](=O)[O-])ccc3n2C)sc2c1CCC2. The van der Waals surface area contributed by atoms with Crippen molar-refractivity contribution in [3.63, 3.8) is 0 Å². The lowest BCUT2D eigenvalue weighted by Crippen LogP contribution is -2.18. The molecule has 4 rings (SSSR count). The minimum Gasteiger partial charge on any atom is -0.462 e. The molecule has 13 heteroatoms. The van der Waals surface area contributed by atoms with Gasteiger partial charge >= 0.3 is 5.97 Å². The van der Waals surface area contributed by atoms with Gasteiger partial charge in [0.15, 0.2) is 4.80 Å². The molecular weight excluding hydrogens is 512 g/mol. The number of nitrogens with one attached hydrogen (secondary N) is 1. The van der Waals surface area contributed by atoms with E-state index >= 15 is 0 Å². The van der Waals surface area contributed by atoms with Gasteiger partial charge in [-0.25, -0.2) is 4.79 Å². The molecule has 0 fully saturated rings. The molecule has 0 saturated heterocycles. The summed E-state index contributed by atoms with van der Waals surface area (Å²) in [5, 5.41) is 14.3. The summed E-state index contributed by atoms with van der Waals surface area (Å²) in [6, 6.07) is 4.48. The van der Waals surface area contributed by atoms with Gasteiger partial charge in [0, 0.05) is 24.1 Å². The Morgan fingerprint density at radius 1 is 1.26 bits per heavy atom. The van der Waals surface area contributed by atoms with E-state index in [2.05, 4.69) is 10.3 Å². The monoisotopic (exact) mass is 534 g/mol. The van der Waals surface area contributed by atoms with Crippen LogP contribution in [0.4, 0.5) is 10.7 Å². The number of fused-ring (bicyclic) bond motifs is 2. The number of thiophene rings is 1. The number of hydrogen-bond acceptors (Lipinski definition) is 9. The number of nitro benzene ring substituents is 1. The Hall–Kier alpha value is -3.03. The fraction of sp³-hybridized carbons (Fsp3) is 0.364. The van der Waals surface area contributed by atoms with Crippen molar-refractivity contribution in [3.05, 3.63) is 49.1 Å². The molecule has 1 aliphatic carbocycles. The topological polar surface area (TPSA) is 133 Å². The van der Waals surface area contributed by atoms with E-state index in [0.29, 0.717) is 20.1 Å². The Bertz CT molecular complexity index is 1400. The fourth-order valence-electron chi connectivity index (χ4n) is 3.79. The van der Waals surface area contributed by atoms with Gasteiger partial charge in [-0.15, -0.1) is 23.1 Å². The zero-order chi connectivity index (χ0) is 25.1. The van der Waals surface area contributed by atoms with Crippen LogP contribution in [0.1, 0.15) is 34.1 Å². The van der Waals surface area contributed by atoms with E-state index < -0.39 is 16.8 Å². The molecule has 35 heavy (non-hydrogen) atoms. The Morgan fingerprint density at radius 2 is 2.06 bits per heavy atom. The lowest BCUT2D eigenvalue weighted by molar-refractivity contribution is -0.384. The van der Waals surface area contributed by atoms with Crippen molar-refractivity contribution in [1.29, 1.82) is 0 Å². The lowest BCUT2D eigenvalue weighted by atomic mass is 10.1. The number of non-ortho nitro benzene ring substituents is 1. The smallest absolute Gasteiger partial charge is 0.341 e. The highest BCUT2D eigenvalue weighted by atomic mass is 32.2. The summed E-state index contributed by atoms with van der Waals surface area (Å²) < 4.78 is 7.53. The van der Waals surface area contributed by atoms with Crippen molar-refractivity contribution in [3.8, 4) is 0 Å². The zero-order valence-electron chi connectivity index (χ0n) is 19.0. The third kappa shape index (κ3) is 5.46. The number of thioether (sulfide) groups is 1. The first-order chi connectivity index (χ1) is 16.8. The van der Waals surface area contributed by atoms with Crippen molar-refractivity contribution < 1.29 is 24.0 Å². The molecule has 1 N–H and O–H groups in total. The number of hydrogen-bond donors (Lipinski definition) is 1. The van der Waals surface area contributed by atoms with Crippen LogP contribution >= 0.6 is 34.4 Å². The average Bonchev–Trinajstić information content (AvgIpc) is 3.47. The molecule has 0 unspecified atom stereocenters. The van der Waals surface area contributed by atoms with Gasteiger partial charge < -0.3 is 14.6 Å². The standard InChI is InChI=1S/C22H22N4O6S3/c1-3-32-21(29)19-13-5-4-6-15(13)34-20(19)23-17(27)10-33-11-18(28)24-22-25(2)14-8-7-12(26(30)31)9-16(14)35-22/h7-9H,3-6,10-11H2,1-2H3,(H,23,27). The van der Waals surface area contributed by atoms with E-state index in [9.17, 15) is 24.5 Å². The minimum atomic E-state index is -0.470. The molecule has 1 aliphatic rings. The first-order valence-electron chi connectivity index (χ1n) is 10.8. The van der Waals surface area contributed by atoms with E-state index in [1.807, 2.05) is 0 Å². The molecule has 184 valence electrons. The zero-order valence-corrected chi connectivity index (χ0v) is 21.4. The number of carbonyl (C=O) groups is 3. The number of thiazole rings is 1. The number of benzene rings is 1. The summed E-state index contributed by atoms with van der Waals surface area (Å²) >= 11 is 3.71. The Morgan fingerprint density at radius 3 is 2.80 bits per heavy atom. The molecule has 10 nitrogen and oxygen atoms in total. The number of esters is 1. The van der Waals surface area contributed by atoms with Gasteiger partial charge in [0.25, 0.3) is 11.6 Å². The molecule has 0 bridgehead atoms. The van der Waals surface area contributed by atoms with E-state index in [0.717, 1.165) is 47.0 Å². The molecular formula is C22H22N4O6S3. The quantitative estimate of drug-likeness (QED) is 0.265. The van der Waals surface area contributed by atoms with Crippen molar-refractivity contribution in [2.75, 3.05) is 23.4 Å². The first-order valence-corrected chi connectivity index (χ1v) is 13.6. The van der Waals surface area contributed by atoms with Gasteiger partial charge in [-0.05, 0) is 37.8 Å². The maximum Gasteiger partial charge on any atom is 0.341 e. The molecule has 3 aromatic rings. The number of ether oxygens (including phenoxy) is 1. The van der Waals surface area contributed by atoms with E-state index in [1.165, 1.54) is 34.8 Å². The van der Waals surface area contributed by atoms with Crippen molar-refractivity contribution in [1.82, 2.24) is 4.57 Å². The van der Waals surface area contributed by atoms with Gasteiger partial charge in [-0.2, -0.15) is 4.99 Å². The van der Waals surface area contributed by atoms with Gasteiger partial charge in [0.05, 0.1) is 38.8 Å². The van der Waals surface area contributed by atoms with Crippen LogP contribution in [-0.4, -0.2) is 45.4 Å². The Labute approximate surface area is 212 Å². The largest absolute Gasteiger partial charge is 0.462 e. The van der Waals surface area contributed by atoms with Crippen LogP contribution in [0.3, 0.4) is 0 Å². The summed E-state index contributed by atoms with van der Waals surface area (Å²) in [4.78, 5) is 53.4. The molecule has 0 atom stereocenters. The number of aromatic nitrogens is 1. The minimum absolute atomic E-state index is 0.00646. The highest BCUT2D eigenvalue weighted by Crippen LogP contribution is 2.39.